The molecular formula is C16H13BrFNO2. The van der Waals surface area contributed by atoms with E-state index in [-0.39, 0.29) is 5.91 Å². The summed E-state index contributed by atoms with van der Waals surface area (Å²) in [5, 5.41) is 2.75. The monoisotopic (exact) mass is 349 g/mol. The number of carbonyl (C=O) groups excluding carboxylic acids is 1. The van der Waals surface area contributed by atoms with E-state index in [0.29, 0.717) is 22.3 Å². The van der Waals surface area contributed by atoms with E-state index in [4.69, 9.17) is 4.74 Å². The van der Waals surface area contributed by atoms with E-state index in [1.807, 2.05) is 13.0 Å². The second kappa shape index (κ2) is 5.48. The maximum atomic E-state index is 13.6. The number of ether oxygens (including phenoxy) is 1. The Morgan fingerprint density at radius 1 is 1.33 bits per heavy atom. The number of nitrogens with one attached hydrogen (secondary N) is 1. The van der Waals surface area contributed by atoms with Gasteiger partial charge in [-0.3, -0.25) is 4.79 Å². The van der Waals surface area contributed by atoms with Crippen molar-refractivity contribution in [3.8, 4) is 5.75 Å². The second-order valence-corrected chi connectivity index (χ2v) is 5.81. The predicted octanol–water partition coefficient (Wildman–Crippen LogP) is 4.08. The van der Waals surface area contributed by atoms with Crippen LogP contribution in [-0.4, -0.2) is 12.5 Å². The van der Waals surface area contributed by atoms with E-state index in [2.05, 4.69) is 21.2 Å². The maximum Gasteiger partial charge on any atom is 0.255 e. The van der Waals surface area contributed by atoms with Crippen molar-refractivity contribution >= 4 is 27.5 Å². The fourth-order valence-corrected chi connectivity index (χ4v) is 2.76. The van der Waals surface area contributed by atoms with Crippen molar-refractivity contribution in [2.45, 2.75) is 13.3 Å². The van der Waals surface area contributed by atoms with Crippen molar-refractivity contribution in [3.63, 3.8) is 0 Å². The van der Waals surface area contributed by atoms with Gasteiger partial charge < -0.3 is 10.1 Å². The number of benzene rings is 2. The molecule has 0 spiro atoms. The molecule has 2 aromatic carbocycles. The lowest BCUT2D eigenvalue weighted by Crippen LogP contribution is -2.13. The topological polar surface area (TPSA) is 38.3 Å². The predicted molar refractivity (Wildman–Crippen MR) is 82.4 cm³/mol. The minimum atomic E-state index is -0.404. The quantitative estimate of drug-likeness (QED) is 0.886. The van der Waals surface area contributed by atoms with Gasteiger partial charge in [0.25, 0.3) is 5.91 Å². The number of amides is 1. The van der Waals surface area contributed by atoms with Gasteiger partial charge in [-0.2, -0.15) is 0 Å². The zero-order valence-corrected chi connectivity index (χ0v) is 13.0. The summed E-state index contributed by atoms with van der Waals surface area (Å²) >= 11 is 3.12. The number of halogens is 2. The van der Waals surface area contributed by atoms with Crippen molar-refractivity contribution in [1.82, 2.24) is 0 Å². The number of hydrogen-bond donors (Lipinski definition) is 1. The van der Waals surface area contributed by atoms with E-state index in [9.17, 15) is 9.18 Å². The van der Waals surface area contributed by atoms with Gasteiger partial charge in [0.15, 0.2) is 0 Å². The smallest absolute Gasteiger partial charge is 0.255 e. The molecule has 0 saturated heterocycles. The zero-order valence-electron chi connectivity index (χ0n) is 11.4. The Bertz CT molecular complexity index is 730. The minimum Gasteiger partial charge on any atom is -0.493 e. The summed E-state index contributed by atoms with van der Waals surface area (Å²) in [6, 6.07) is 8.29. The van der Waals surface area contributed by atoms with Crippen LogP contribution in [0.25, 0.3) is 0 Å². The van der Waals surface area contributed by atoms with Crippen molar-refractivity contribution in [2.75, 3.05) is 11.9 Å². The number of aryl methyl sites for hydroxylation is 1. The molecule has 1 N–H and O–H groups in total. The third-order valence-corrected chi connectivity index (χ3v) is 4.07. The molecular weight excluding hydrogens is 337 g/mol. The first-order chi connectivity index (χ1) is 10.0. The first kappa shape index (κ1) is 14.1. The Morgan fingerprint density at radius 3 is 2.95 bits per heavy atom. The van der Waals surface area contributed by atoms with E-state index < -0.39 is 5.82 Å². The van der Waals surface area contributed by atoms with Gasteiger partial charge in [0, 0.05) is 17.7 Å². The number of hydrogen-bond acceptors (Lipinski definition) is 2. The summed E-state index contributed by atoms with van der Waals surface area (Å²) in [6.07, 6.45) is 0.808. The van der Waals surface area contributed by atoms with Crippen LogP contribution in [-0.2, 0) is 6.42 Å². The van der Waals surface area contributed by atoms with Crippen molar-refractivity contribution in [3.05, 3.63) is 57.3 Å². The third kappa shape index (κ3) is 2.78. The van der Waals surface area contributed by atoms with Gasteiger partial charge in [0.05, 0.1) is 11.1 Å². The molecule has 2 aromatic rings. The highest BCUT2D eigenvalue weighted by molar-refractivity contribution is 9.10. The highest BCUT2D eigenvalue weighted by Crippen LogP contribution is 2.27. The maximum absolute atomic E-state index is 13.6. The largest absolute Gasteiger partial charge is 0.493 e. The molecule has 5 heteroatoms. The fraction of sp³-hybridized carbons (Fsp3) is 0.188. The molecule has 1 aliphatic heterocycles. The van der Waals surface area contributed by atoms with E-state index in [1.165, 1.54) is 6.07 Å². The van der Waals surface area contributed by atoms with Gasteiger partial charge in [0.2, 0.25) is 0 Å². The Kier molecular flexibility index (Phi) is 3.68. The summed E-state index contributed by atoms with van der Waals surface area (Å²) in [5.74, 6) is 0.171. The van der Waals surface area contributed by atoms with Crippen LogP contribution in [0.4, 0.5) is 10.1 Å². The lowest BCUT2D eigenvalue weighted by Gasteiger charge is -2.10. The molecule has 0 saturated carbocycles. The minimum absolute atomic E-state index is 0.255. The van der Waals surface area contributed by atoms with Crippen molar-refractivity contribution in [2.24, 2.45) is 0 Å². The number of carbonyl (C=O) groups is 1. The standard InChI is InChI=1S/C16H13BrFNO2/c1-9-6-12(17)13(18)8-14(9)19-16(20)11-2-3-15-10(7-11)4-5-21-15/h2-3,6-8H,4-5H2,1H3,(H,19,20). The summed E-state index contributed by atoms with van der Waals surface area (Å²) in [4.78, 5) is 12.3. The van der Waals surface area contributed by atoms with Crippen LogP contribution in [0.15, 0.2) is 34.8 Å². The van der Waals surface area contributed by atoms with Crippen LogP contribution >= 0.6 is 15.9 Å². The molecule has 0 radical (unpaired) electrons. The first-order valence-electron chi connectivity index (χ1n) is 6.57. The molecule has 0 aromatic heterocycles. The molecule has 3 rings (SSSR count). The molecule has 108 valence electrons. The summed E-state index contributed by atoms with van der Waals surface area (Å²) < 4.78 is 19.4. The van der Waals surface area contributed by atoms with Crippen molar-refractivity contribution in [1.29, 1.82) is 0 Å². The lowest BCUT2D eigenvalue weighted by molar-refractivity contribution is 0.102. The number of fused-ring (bicyclic) bond motifs is 1. The van der Waals surface area contributed by atoms with Crippen LogP contribution in [0, 0.1) is 12.7 Å². The second-order valence-electron chi connectivity index (χ2n) is 4.96. The summed E-state index contributed by atoms with van der Waals surface area (Å²) in [5.41, 5.74) is 2.84. The van der Waals surface area contributed by atoms with Crippen LogP contribution in [0.3, 0.4) is 0 Å². The highest BCUT2D eigenvalue weighted by atomic mass is 79.9. The molecule has 21 heavy (non-hydrogen) atoms. The third-order valence-electron chi connectivity index (χ3n) is 3.47. The van der Waals surface area contributed by atoms with Gasteiger partial charge in [0.1, 0.15) is 11.6 Å². The van der Waals surface area contributed by atoms with E-state index in [1.54, 1.807) is 18.2 Å². The van der Waals surface area contributed by atoms with Gasteiger partial charge in [-0.15, -0.1) is 0 Å². The molecule has 0 bridgehead atoms. The summed E-state index contributed by atoms with van der Waals surface area (Å²) in [7, 11) is 0. The first-order valence-corrected chi connectivity index (χ1v) is 7.36. The van der Waals surface area contributed by atoms with Gasteiger partial charge in [-0.05, 0) is 64.3 Å². The van der Waals surface area contributed by atoms with E-state index >= 15 is 0 Å². The molecule has 1 heterocycles. The fourth-order valence-electron chi connectivity index (χ4n) is 2.30. The van der Waals surface area contributed by atoms with Gasteiger partial charge in [-0.1, -0.05) is 0 Å². The molecule has 0 fully saturated rings. The molecule has 1 amide bonds. The average Bonchev–Trinajstić information content (AvgIpc) is 2.92. The molecule has 3 nitrogen and oxygen atoms in total. The molecule has 0 aliphatic carbocycles. The van der Waals surface area contributed by atoms with Gasteiger partial charge >= 0.3 is 0 Å². The zero-order chi connectivity index (χ0) is 15.0. The lowest BCUT2D eigenvalue weighted by atomic mass is 10.1. The van der Waals surface area contributed by atoms with E-state index in [0.717, 1.165) is 23.3 Å². The van der Waals surface area contributed by atoms with Crippen molar-refractivity contribution < 1.29 is 13.9 Å². The molecule has 0 unspecified atom stereocenters. The van der Waals surface area contributed by atoms with Crippen LogP contribution in [0.5, 0.6) is 5.75 Å². The molecule has 0 atom stereocenters. The van der Waals surface area contributed by atoms with Crippen LogP contribution < -0.4 is 10.1 Å². The molecule has 1 aliphatic rings. The average molecular weight is 350 g/mol. The normalized spacial score (nSPS) is 12.7. The summed E-state index contributed by atoms with van der Waals surface area (Å²) in [6.45, 7) is 2.47. The Hall–Kier alpha value is -1.88. The highest BCUT2D eigenvalue weighted by Gasteiger charge is 2.16. The van der Waals surface area contributed by atoms with Gasteiger partial charge in [-0.25, -0.2) is 4.39 Å². The SMILES string of the molecule is Cc1cc(Br)c(F)cc1NC(=O)c1ccc2c(c1)CCO2. The van der Waals surface area contributed by atoms with Crippen LogP contribution in [0.2, 0.25) is 0 Å². The Labute approximate surface area is 130 Å². The Morgan fingerprint density at radius 2 is 2.14 bits per heavy atom. The van der Waals surface area contributed by atoms with Crippen LogP contribution in [0.1, 0.15) is 21.5 Å². The number of rotatable bonds is 2. The number of anilines is 1. The Balaban J connectivity index is 1.85.